The SMILES string of the molecule is CC(C)(C)c1ccc(Nc2nc3nc4ccccc4n3[nH]2)cc1. The van der Waals surface area contributed by atoms with E-state index in [0.29, 0.717) is 11.7 Å². The molecule has 0 bridgehead atoms. The Hall–Kier alpha value is -2.82. The van der Waals surface area contributed by atoms with Gasteiger partial charge < -0.3 is 5.32 Å². The number of fused-ring (bicyclic) bond motifs is 3. The van der Waals surface area contributed by atoms with Crippen LogP contribution in [0, 0.1) is 0 Å². The van der Waals surface area contributed by atoms with Gasteiger partial charge in [0.05, 0.1) is 11.0 Å². The summed E-state index contributed by atoms with van der Waals surface area (Å²) in [4.78, 5) is 9.01. The normalized spacial score (nSPS) is 12.1. The van der Waals surface area contributed by atoms with Crippen LogP contribution in [0.4, 0.5) is 11.6 Å². The lowest BCUT2D eigenvalue weighted by atomic mass is 9.87. The maximum atomic E-state index is 4.50. The number of benzene rings is 2. The van der Waals surface area contributed by atoms with Crippen LogP contribution in [0.3, 0.4) is 0 Å². The molecule has 0 saturated carbocycles. The molecule has 2 aromatic carbocycles. The standard InChI is InChI=1S/C18H19N5/c1-18(2,3)12-8-10-13(11-9-12)19-16-21-17-20-14-6-4-5-7-15(14)23(17)22-16/h4-11H,1-3H3,(H2,19,20,21,22). The first-order chi connectivity index (χ1) is 11.0. The molecule has 2 heterocycles. The van der Waals surface area contributed by atoms with E-state index in [1.807, 2.05) is 28.8 Å². The van der Waals surface area contributed by atoms with Crippen LogP contribution in [0.15, 0.2) is 48.5 Å². The van der Waals surface area contributed by atoms with Crippen LogP contribution in [0.25, 0.3) is 16.8 Å². The number of anilines is 2. The maximum Gasteiger partial charge on any atom is 0.253 e. The molecule has 0 saturated heterocycles. The van der Waals surface area contributed by atoms with E-state index in [9.17, 15) is 0 Å². The summed E-state index contributed by atoms with van der Waals surface area (Å²) in [7, 11) is 0. The van der Waals surface area contributed by atoms with Crippen LogP contribution in [0.5, 0.6) is 0 Å². The van der Waals surface area contributed by atoms with E-state index >= 15 is 0 Å². The smallest absolute Gasteiger partial charge is 0.253 e. The Morgan fingerprint density at radius 3 is 2.43 bits per heavy atom. The number of nitrogens with one attached hydrogen (secondary N) is 2. The topological polar surface area (TPSA) is 58.0 Å². The van der Waals surface area contributed by atoms with E-state index in [1.54, 1.807) is 0 Å². The summed E-state index contributed by atoms with van der Waals surface area (Å²) in [6, 6.07) is 16.4. The van der Waals surface area contributed by atoms with E-state index in [4.69, 9.17) is 0 Å². The third-order valence-electron chi connectivity index (χ3n) is 3.99. The van der Waals surface area contributed by atoms with Gasteiger partial charge in [0.25, 0.3) is 5.78 Å². The van der Waals surface area contributed by atoms with Crippen molar-refractivity contribution in [2.45, 2.75) is 26.2 Å². The zero-order chi connectivity index (χ0) is 16.0. The number of rotatable bonds is 2. The monoisotopic (exact) mass is 305 g/mol. The van der Waals surface area contributed by atoms with E-state index in [1.165, 1.54) is 5.56 Å². The van der Waals surface area contributed by atoms with Gasteiger partial charge in [-0.1, -0.05) is 45.0 Å². The Balaban J connectivity index is 1.65. The molecule has 0 atom stereocenters. The number of aromatic nitrogens is 4. The summed E-state index contributed by atoms with van der Waals surface area (Å²) < 4.78 is 1.89. The van der Waals surface area contributed by atoms with E-state index in [2.05, 4.69) is 65.4 Å². The second kappa shape index (κ2) is 4.84. The molecule has 0 aliphatic heterocycles. The van der Waals surface area contributed by atoms with Crippen LogP contribution in [-0.2, 0) is 5.41 Å². The highest BCUT2D eigenvalue weighted by Crippen LogP contribution is 2.24. The second-order valence-electron chi connectivity index (χ2n) is 6.76. The quantitative estimate of drug-likeness (QED) is 0.582. The highest BCUT2D eigenvalue weighted by molar-refractivity contribution is 5.79. The molecule has 0 unspecified atom stereocenters. The third-order valence-corrected chi connectivity index (χ3v) is 3.99. The van der Waals surface area contributed by atoms with Crippen molar-refractivity contribution in [2.24, 2.45) is 0 Å². The van der Waals surface area contributed by atoms with Gasteiger partial charge in [-0.2, -0.15) is 4.98 Å². The van der Waals surface area contributed by atoms with Gasteiger partial charge in [0.1, 0.15) is 0 Å². The lowest BCUT2D eigenvalue weighted by Crippen LogP contribution is -2.10. The number of hydrogen-bond acceptors (Lipinski definition) is 3. The van der Waals surface area contributed by atoms with Gasteiger partial charge in [0, 0.05) is 5.69 Å². The Morgan fingerprint density at radius 1 is 0.957 bits per heavy atom. The summed E-state index contributed by atoms with van der Waals surface area (Å²) in [5, 5.41) is 6.54. The maximum absolute atomic E-state index is 4.50. The number of hydrogen-bond donors (Lipinski definition) is 2. The van der Waals surface area contributed by atoms with Crippen molar-refractivity contribution in [3.63, 3.8) is 0 Å². The van der Waals surface area contributed by atoms with Gasteiger partial charge >= 0.3 is 0 Å². The number of H-pyrrole nitrogens is 1. The zero-order valence-electron chi connectivity index (χ0n) is 13.5. The molecule has 23 heavy (non-hydrogen) atoms. The van der Waals surface area contributed by atoms with Crippen molar-refractivity contribution in [1.82, 2.24) is 19.6 Å². The van der Waals surface area contributed by atoms with Crippen molar-refractivity contribution in [1.29, 1.82) is 0 Å². The van der Waals surface area contributed by atoms with E-state index in [-0.39, 0.29) is 5.41 Å². The fourth-order valence-electron chi connectivity index (χ4n) is 2.68. The molecule has 0 aliphatic carbocycles. The molecule has 0 radical (unpaired) electrons. The molecular formula is C18H19N5. The van der Waals surface area contributed by atoms with Gasteiger partial charge in [-0.05, 0) is 35.2 Å². The lowest BCUT2D eigenvalue weighted by molar-refractivity contribution is 0.590. The minimum absolute atomic E-state index is 0.156. The molecule has 4 rings (SSSR count). The van der Waals surface area contributed by atoms with Crippen molar-refractivity contribution in [3.05, 3.63) is 54.1 Å². The minimum Gasteiger partial charge on any atom is -0.325 e. The van der Waals surface area contributed by atoms with Crippen LogP contribution in [0.1, 0.15) is 26.3 Å². The number of aromatic amines is 1. The van der Waals surface area contributed by atoms with Gasteiger partial charge in [-0.3, -0.25) is 5.10 Å². The Morgan fingerprint density at radius 2 is 1.70 bits per heavy atom. The summed E-state index contributed by atoms with van der Waals surface area (Å²) in [6.45, 7) is 6.63. The van der Waals surface area contributed by atoms with Gasteiger partial charge in [-0.25, -0.2) is 9.50 Å². The highest BCUT2D eigenvalue weighted by Gasteiger charge is 2.13. The first kappa shape index (κ1) is 13.8. The molecule has 0 spiro atoms. The summed E-state index contributed by atoms with van der Waals surface area (Å²) in [5.74, 6) is 1.35. The van der Waals surface area contributed by atoms with Crippen LogP contribution in [-0.4, -0.2) is 19.6 Å². The summed E-state index contributed by atoms with van der Waals surface area (Å²) in [6.07, 6.45) is 0. The Labute approximate surface area is 134 Å². The third kappa shape index (κ3) is 2.44. The van der Waals surface area contributed by atoms with E-state index in [0.717, 1.165) is 16.7 Å². The molecule has 0 amide bonds. The van der Waals surface area contributed by atoms with Gasteiger partial charge in [0.2, 0.25) is 5.95 Å². The summed E-state index contributed by atoms with van der Waals surface area (Å²) in [5.41, 5.74) is 4.42. The largest absolute Gasteiger partial charge is 0.325 e. The molecular weight excluding hydrogens is 286 g/mol. The van der Waals surface area contributed by atoms with Crippen molar-refractivity contribution in [3.8, 4) is 0 Å². The fourth-order valence-corrected chi connectivity index (χ4v) is 2.68. The van der Waals surface area contributed by atoms with Crippen LogP contribution >= 0.6 is 0 Å². The Kier molecular flexibility index (Phi) is 2.91. The molecule has 0 fully saturated rings. The molecule has 2 aromatic heterocycles. The van der Waals surface area contributed by atoms with Gasteiger partial charge in [0.15, 0.2) is 0 Å². The zero-order valence-corrected chi connectivity index (χ0v) is 13.5. The number of imidazole rings is 1. The molecule has 2 N–H and O–H groups in total. The molecule has 4 aromatic rings. The second-order valence-corrected chi connectivity index (χ2v) is 6.76. The fraction of sp³-hybridized carbons (Fsp3) is 0.222. The molecule has 5 nitrogen and oxygen atoms in total. The van der Waals surface area contributed by atoms with Crippen molar-refractivity contribution in [2.75, 3.05) is 5.32 Å². The average molecular weight is 305 g/mol. The van der Waals surface area contributed by atoms with Crippen LogP contribution < -0.4 is 5.32 Å². The van der Waals surface area contributed by atoms with Crippen molar-refractivity contribution >= 4 is 28.4 Å². The minimum atomic E-state index is 0.156. The first-order valence-electron chi connectivity index (χ1n) is 7.71. The first-order valence-corrected chi connectivity index (χ1v) is 7.71. The summed E-state index contributed by atoms with van der Waals surface area (Å²) >= 11 is 0. The lowest BCUT2D eigenvalue weighted by Gasteiger charge is -2.19. The average Bonchev–Trinajstić information content (AvgIpc) is 3.04. The molecule has 0 aliphatic rings. The molecule has 116 valence electrons. The number of nitrogens with zero attached hydrogens (tertiary/aromatic N) is 3. The highest BCUT2D eigenvalue weighted by atomic mass is 15.4. The number of para-hydroxylation sites is 2. The van der Waals surface area contributed by atoms with Crippen molar-refractivity contribution < 1.29 is 0 Å². The molecule has 5 heteroatoms. The predicted octanol–water partition coefficient (Wildman–Crippen LogP) is 4.25. The predicted molar refractivity (Wildman–Crippen MR) is 93.3 cm³/mol. The van der Waals surface area contributed by atoms with E-state index < -0.39 is 0 Å². The van der Waals surface area contributed by atoms with Gasteiger partial charge in [-0.15, -0.1) is 0 Å². The van der Waals surface area contributed by atoms with Crippen LogP contribution in [0.2, 0.25) is 0 Å². The Bertz CT molecular complexity index is 970.